The monoisotopic (exact) mass is 357 g/mol. The fourth-order valence-electron chi connectivity index (χ4n) is 4.37. The minimum absolute atomic E-state index is 0.611. The van der Waals surface area contributed by atoms with Crippen LogP contribution in [0.4, 0.5) is 0 Å². The molecule has 3 heterocycles. The van der Waals surface area contributed by atoms with E-state index < -0.39 is 0 Å². The molecule has 0 radical (unpaired) electrons. The number of aromatic nitrogens is 6. The molecule has 0 spiro atoms. The fraction of sp³-hybridized carbons (Fsp3) is 0.789. The maximum atomic E-state index is 4.92. The summed E-state index contributed by atoms with van der Waals surface area (Å²) in [5.74, 6) is 3.48. The molecule has 7 nitrogen and oxygen atoms in total. The summed E-state index contributed by atoms with van der Waals surface area (Å²) in [5.41, 5.74) is 0. The zero-order valence-corrected chi connectivity index (χ0v) is 15.9. The predicted octanol–water partition coefficient (Wildman–Crippen LogP) is 2.38. The molecular weight excluding hydrogens is 326 g/mol. The van der Waals surface area contributed by atoms with E-state index in [9.17, 15) is 0 Å². The molecule has 1 saturated heterocycles. The zero-order chi connectivity index (χ0) is 17.8. The maximum absolute atomic E-state index is 4.92. The summed E-state index contributed by atoms with van der Waals surface area (Å²) in [6, 6.07) is 0. The van der Waals surface area contributed by atoms with Crippen LogP contribution in [-0.4, -0.2) is 54.8 Å². The summed E-state index contributed by atoms with van der Waals surface area (Å²) in [4.78, 5) is 9.03. The van der Waals surface area contributed by atoms with Crippen LogP contribution in [0.15, 0.2) is 12.4 Å². The molecule has 142 valence electrons. The summed E-state index contributed by atoms with van der Waals surface area (Å²) in [7, 11) is 2.21. The third-order valence-corrected chi connectivity index (χ3v) is 6.01. The summed E-state index contributed by atoms with van der Waals surface area (Å²) in [6.45, 7) is 3.99. The van der Waals surface area contributed by atoms with Crippen molar-refractivity contribution in [2.24, 2.45) is 11.8 Å². The minimum Gasteiger partial charge on any atom is -0.306 e. The van der Waals surface area contributed by atoms with Gasteiger partial charge in [0.2, 0.25) is 0 Å². The Morgan fingerprint density at radius 1 is 0.962 bits per heavy atom. The topological polar surface area (TPSA) is 64.7 Å². The molecule has 2 aromatic heterocycles. The van der Waals surface area contributed by atoms with Crippen molar-refractivity contribution in [3.8, 4) is 0 Å². The number of nitrogens with zero attached hydrogens (tertiary/aromatic N) is 7. The van der Waals surface area contributed by atoms with Crippen LogP contribution < -0.4 is 0 Å². The van der Waals surface area contributed by atoms with E-state index in [1.807, 2.05) is 0 Å². The third kappa shape index (κ3) is 4.50. The first-order valence-corrected chi connectivity index (χ1v) is 10.2. The first-order valence-electron chi connectivity index (χ1n) is 10.2. The molecule has 0 N–H and O–H groups in total. The molecule has 0 bridgehead atoms. The van der Waals surface area contributed by atoms with Gasteiger partial charge in [-0.15, -0.1) is 0 Å². The molecule has 1 aliphatic heterocycles. The van der Waals surface area contributed by atoms with E-state index in [4.69, 9.17) is 10.1 Å². The molecule has 1 aliphatic carbocycles. The van der Waals surface area contributed by atoms with Crippen molar-refractivity contribution >= 4 is 0 Å². The Morgan fingerprint density at radius 3 is 2.42 bits per heavy atom. The van der Waals surface area contributed by atoms with Crippen LogP contribution in [0, 0.1) is 11.8 Å². The Morgan fingerprint density at radius 2 is 1.69 bits per heavy atom. The third-order valence-electron chi connectivity index (χ3n) is 6.01. The Bertz CT molecular complexity index is 664. The smallest absolute Gasteiger partial charge is 0.151 e. The molecule has 0 unspecified atom stereocenters. The predicted molar refractivity (Wildman–Crippen MR) is 99.6 cm³/mol. The van der Waals surface area contributed by atoms with Crippen molar-refractivity contribution < 1.29 is 0 Å². The van der Waals surface area contributed by atoms with E-state index in [0.717, 1.165) is 30.5 Å². The van der Waals surface area contributed by atoms with Gasteiger partial charge >= 0.3 is 0 Å². The number of hydrogen-bond acceptors (Lipinski definition) is 5. The lowest BCUT2D eigenvalue weighted by atomic mass is 9.89. The van der Waals surface area contributed by atoms with Gasteiger partial charge in [0.1, 0.15) is 6.54 Å². The average molecular weight is 358 g/mol. The van der Waals surface area contributed by atoms with E-state index in [1.165, 1.54) is 58.0 Å². The average Bonchev–Trinajstić information content (AvgIpc) is 3.29. The van der Waals surface area contributed by atoms with E-state index in [2.05, 4.69) is 26.8 Å². The lowest BCUT2D eigenvalue weighted by molar-refractivity contribution is 0.217. The lowest BCUT2D eigenvalue weighted by Gasteiger charge is -2.28. The van der Waals surface area contributed by atoms with Crippen LogP contribution in [-0.2, 0) is 19.5 Å². The van der Waals surface area contributed by atoms with Gasteiger partial charge in [-0.05, 0) is 57.7 Å². The van der Waals surface area contributed by atoms with Crippen molar-refractivity contribution in [3.63, 3.8) is 0 Å². The second-order valence-corrected chi connectivity index (χ2v) is 8.14. The highest BCUT2D eigenvalue weighted by atomic mass is 15.5. The first kappa shape index (κ1) is 17.6. The molecule has 4 rings (SSSR count). The Kier molecular flexibility index (Phi) is 5.62. The first-order chi connectivity index (χ1) is 12.8. The van der Waals surface area contributed by atoms with Crippen LogP contribution >= 0.6 is 0 Å². The van der Waals surface area contributed by atoms with Gasteiger partial charge in [-0.2, -0.15) is 20.1 Å². The maximum Gasteiger partial charge on any atom is 0.151 e. The molecule has 0 atom stereocenters. The fourth-order valence-corrected chi connectivity index (χ4v) is 4.37. The van der Waals surface area contributed by atoms with Crippen LogP contribution in [0.25, 0.3) is 0 Å². The van der Waals surface area contributed by atoms with Crippen LogP contribution in [0.3, 0.4) is 0 Å². The SMILES string of the molecule is CN1CCC(Cc2nc(Cn3nccn3)n(CC3CCCCC3)n2)CC1. The molecule has 26 heavy (non-hydrogen) atoms. The van der Waals surface area contributed by atoms with Crippen LogP contribution in [0.1, 0.15) is 56.6 Å². The van der Waals surface area contributed by atoms with Crippen molar-refractivity contribution in [3.05, 3.63) is 24.0 Å². The highest BCUT2D eigenvalue weighted by Gasteiger charge is 2.22. The summed E-state index contributed by atoms with van der Waals surface area (Å²) in [5, 5.41) is 13.4. The molecule has 2 aliphatic rings. The largest absolute Gasteiger partial charge is 0.306 e. The molecular formula is C19H31N7. The Labute approximate surface area is 155 Å². The van der Waals surface area contributed by atoms with Gasteiger partial charge < -0.3 is 4.90 Å². The second kappa shape index (κ2) is 8.29. The highest BCUT2D eigenvalue weighted by Crippen LogP contribution is 2.26. The molecule has 7 heteroatoms. The van der Waals surface area contributed by atoms with Gasteiger partial charge in [0.15, 0.2) is 11.6 Å². The number of likely N-dealkylation sites (tertiary alicyclic amines) is 1. The standard InChI is InChI=1S/C19H31N7/c1-24-11-7-16(8-12-24)13-18-22-19(15-26-20-9-10-21-26)25(23-18)14-17-5-3-2-4-6-17/h9-10,16-17H,2-8,11-15H2,1H3. The van der Waals surface area contributed by atoms with Gasteiger partial charge in [0.05, 0.1) is 12.4 Å². The molecule has 1 saturated carbocycles. The molecule has 2 fully saturated rings. The van der Waals surface area contributed by atoms with Gasteiger partial charge in [-0.1, -0.05) is 19.3 Å². The van der Waals surface area contributed by atoms with Gasteiger partial charge in [0, 0.05) is 13.0 Å². The molecule has 0 aromatic carbocycles. The number of hydrogen-bond donors (Lipinski definition) is 0. The summed E-state index contributed by atoms with van der Waals surface area (Å²) >= 11 is 0. The zero-order valence-electron chi connectivity index (χ0n) is 15.9. The highest BCUT2D eigenvalue weighted by molar-refractivity contribution is 4.96. The van der Waals surface area contributed by atoms with Crippen LogP contribution in [0.2, 0.25) is 0 Å². The minimum atomic E-state index is 0.611. The Hall–Kier alpha value is -1.76. The van der Waals surface area contributed by atoms with Crippen LogP contribution in [0.5, 0.6) is 0 Å². The van der Waals surface area contributed by atoms with Gasteiger partial charge in [-0.3, -0.25) is 0 Å². The summed E-state index contributed by atoms with van der Waals surface area (Å²) in [6.07, 6.45) is 13.7. The van der Waals surface area contributed by atoms with Gasteiger partial charge in [-0.25, -0.2) is 9.67 Å². The second-order valence-electron chi connectivity index (χ2n) is 8.14. The Balaban J connectivity index is 1.47. The van der Waals surface area contributed by atoms with Crippen molar-refractivity contribution in [1.29, 1.82) is 0 Å². The van der Waals surface area contributed by atoms with E-state index >= 15 is 0 Å². The van der Waals surface area contributed by atoms with E-state index in [0.29, 0.717) is 12.5 Å². The van der Waals surface area contributed by atoms with Crippen molar-refractivity contribution in [2.45, 2.75) is 64.5 Å². The van der Waals surface area contributed by atoms with Crippen molar-refractivity contribution in [1.82, 2.24) is 34.7 Å². The quantitative estimate of drug-likeness (QED) is 0.794. The van der Waals surface area contributed by atoms with Crippen molar-refractivity contribution in [2.75, 3.05) is 20.1 Å². The molecule has 2 aromatic rings. The normalized spacial score (nSPS) is 20.7. The lowest BCUT2D eigenvalue weighted by Crippen LogP contribution is -2.31. The summed E-state index contributed by atoms with van der Waals surface area (Å²) < 4.78 is 2.16. The van der Waals surface area contributed by atoms with E-state index in [-0.39, 0.29) is 0 Å². The number of rotatable bonds is 6. The molecule has 0 amide bonds. The number of piperidine rings is 1. The van der Waals surface area contributed by atoms with Gasteiger partial charge in [0.25, 0.3) is 0 Å². The van der Waals surface area contributed by atoms with E-state index in [1.54, 1.807) is 17.2 Å².